The van der Waals surface area contributed by atoms with Crippen LogP contribution in [0.3, 0.4) is 0 Å². The highest BCUT2D eigenvalue weighted by Gasteiger charge is 2.29. The molecular weight excluding hydrogens is 294 g/mol. The van der Waals surface area contributed by atoms with Crippen molar-refractivity contribution in [2.24, 2.45) is 5.14 Å². The van der Waals surface area contributed by atoms with E-state index in [2.05, 4.69) is 10.1 Å². The molecule has 0 atom stereocenters. The maximum atomic E-state index is 11.6. The monoisotopic (exact) mass is 309 g/mol. The molecule has 0 aliphatic heterocycles. The molecule has 0 unspecified atom stereocenters. The van der Waals surface area contributed by atoms with E-state index >= 15 is 0 Å². The molecular formula is C13H15N3O4S. The Hall–Kier alpha value is -1.93. The Morgan fingerprint density at radius 3 is 2.86 bits per heavy atom. The number of nitrogens with zero attached hydrogens (tertiary/aromatic N) is 2. The Labute approximate surface area is 122 Å². The number of ether oxygens (including phenoxy) is 1. The van der Waals surface area contributed by atoms with E-state index in [1.807, 2.05) is 0 Å². The third-order valence-electron chi connectivity index (χ3n) is 3.17. The summed E-state index contributed by atoms with van der Waals surface area (Å²) in [6, 6.07) is 4.78. The van der Waals surface area contributed by atoms with E-state index in [0.717, 1.165) is 18.4 Å². The van der Waals surface area contributed by atoms with Crippen molar-refractivity contribution in [1.82, 2.24) is 10.1 Å². The zero-order valence-electron chi connectivity index (χ0n) is 11.4. The summed E-state index contributed by atoms with van der Waals surface area (Å²) in [7, 11) is -3.85. The van der Waals surface area contributed by atoms with Crippen LogP contribution in [0.1, 0.15) is 36.0 Å². The number of hydrogen-bond acceptors (Lipinski definition) is 6. The first-order valence-corrected chi connectivity index (χ1v) is 8.07. The molecule has 1 aliphatic carbocycles. The molecule has 0 radical (unpaired) electrons. The molecule has 0 saturated heterocycles. The van der Waals surface area contributed by atoms with Gasteiger partial charge in [-0.3, -0.25) is 0 Å². The number of primary sulfonamides is 1. The molecule has 1 aromatic carbocycles. The van der Waals surface area contributed by atoms with Crippen molar-refractivity contribution in [2.45, 2.75) is 37.2 Å². The van der Waals surface area contributed by atoms with Crippen LogP contribution in [0.25, 0.3) is 0 Å². The summed E-state index contributed by atoms with van der Waals surface area (Å²) in [5.74, 6) is 1.55. The first-order valence-electron chi connectivity index (χ1n) is 6.52. The summed E-state index contributed by atoms with van der Waals surface area (Å²) in [5.41, 5.74) is 0.780. The van der Waals surface area contributed by atoms with E-state index in [4.69, 9.17) is 14.4 Å². The van der Waals surface area contributed by atoms with Crippen molar-refractivity contribution in [1.29, 1.82) is 0 Å². The summed E-state index contributed by atoms with van der Waals surface area (Å²) in [4.78, 5) is 4.17. The van der Waals surface area contributed by atoms with E-state index in [-0.39, 0.29) is 17.3 Å². The predicted molar refractivity (Wildman–Crippen MR) is 73.2 cm³/mol. The van der Waals surface area contributed by atoms with Gasteiger partial charge < -0.3 is 9.26 Å². The number of nitrogens with two attached hydrogens (primary N) is 1. The fourth-order valence-corrected chi connectivity index (χ4v) is 2.68. The van der Waals surface area contributed by atoms with Crippen molar-refractivity contribution >= 4 is 10.0 Å². The SMILES string of the molecule is Cc1ccc(OCc2noc(C3CC3)n2)c(S(N)(=O)=O)c1. The van der Waals surface area contributed by atoms with Gasteiger partial charge >= 0.3 is 0 Å². The second-order valence-electron chi connectivity index (χ2n) is 5.11. The highest BCUT2D eigenvalue weighted by atomic mass is 32.2. The van der Waals surface area contributed by atoms with Crippen LogP contribution < -0.4 is 9.88 Å². The minimum Gasteiger partial charge on any atom is -0.484 e. The van der Waals surface area contributed by atoms with Crippen molar-refractivity contribution in [3.8, 4) is 5.75 Å². The van der Waals surface area contributed by atoms with Crippen molar-refractivity contribution in [3.63, 3.8) is 0 Å². The molecule has 2 aromatic rings. The third kappa shape index (κ3) is 3.22. The van der Waals surface area contributed by atoms with Gasteiger partial charge in [-0.05, 0) is 37.5 Å². The van der Waals surface area contributed by atoms with E-state index in [9.17, 15) is 8.42 Å². The lowest BCUT2D eigenvalue weighted by Gasteiger charge is -2.09. The maximum absolute atomic E-state index is 11.6. The first kappa shape index (κ1) is 14.0. The van der Waals surface area contributed by atoms with Crippen LogP contribution in [0, 0.1) is 6.92 Å². The van der Waals surface area contributed by atoms with Crippen LogP contribution >= 0.6 is 0 Å². The summed E-state index contributed by atoms with van der Waals surface area (Å²) in [6.45, 7) is 1.81. The van der Waals surface area contributed by atoms with Gasteiger partial charge in [0.05, 0.1) is 0 Å². The first-order chi connectivity index (χ1) is 9.93. The second kappa shape index (κ2) is 5.12. The third-order valence-corrected chi connectivity index (χ3v) is 4.10. The lowest BCUT2D eigenvalue weighted by Crippen LogP contribution is -2.14. The van der Waals surface area contributed by atoms with E-state index in [1.165, 1.54) is 6.07 Å². The number of sulfonamides is 1. The molecule has 2 N–H and O–H groups in total. The van der Waals surface area contributed by atoms with Crippen molar-refractivity contribution in [3.05, 3.63) is 35.5 Å². The normalized spacial score (nSPS) is 15.1. The van der Waals surface area contributed by atoms with Crippen LogP contribution in [0.15, 0.2) is 27.6 Å². The highest BCUT2D eigenvalue weighted by Crippen LogP contribution is 2.38. The Morgan fingerprint density at radius 1 is 1.43 bits per heavy atom. The molecule has 3 rings (SSSR count). The summed E-state index contributed by atoms with van der Waals surface area (Å²) >= 11 is 0. The number of aryl methyl sites for hydroxylation is 1. The van der Waals surface area contributed by atoms with Crippen LogP contribution in [-0.4, -0.2) is 18.6 Å². The molecule has 21 heavy (non-hydrogen) atoms. The molecule has 0 bridgehead atoms. The Kier molecular flexibility index (Phi) is 3.42. The quantitative estimate of drug-likeness (QED) is 0.896. The number of aromatic nitrogens is 2. The average molecular weight is 309 g/mol. The Morgan fingerprint density at radius 2 is 2.19 bits per heavy atom. The molecule has 1 heterocycles. The smallest absolute Gasteiger partial charge is 0.241 e. The van der Waals surface area contributed by atoms with Crippen LogP contribution in [-0.2, 0) is 16.6 Å². The second-order valence-corrected chi connectivity index (χ2v) is 6.64. The van der Waals surface area contributed by atoms with E-state index < -0.39 is 10.0 Å². The van der Waals surface area contributed by atoms with Gasteiger partial charge in [0.1, 0.15) is 10.6 Å². The summed E-state index contributed by atoms with van der Waals surface area (Å²) in [6.07, 6.45) is 2.13. The largest absolute Gasteiger partial charge is 0.484 e. The van der Waals surface area contributed by atoms with Crippen LogP contribution in [0.4, 0.5) is 0 Å². The van der Waals surface area contributed by atoms with Crippen molar-refractivity contribution < 1.29 is 17.7 Å². The Balaban J connectivity index is 1.77. The zero-order chi connectivity index (χ0) is 15.0. The van der Waals surface area contributed by atoms with Gasteiger partial charge in [0.25, 0.3) is 0 Å². The van der Waals surface area contributed by atoms with Gasteiger partial charge in [-0.15, -0.1) is 0 Å². The lowest BCUT2D eigenvalue weighted by molar-refractivity contribution is 0.278. The fourth-order valence-electron chi connectivity index (χ4n) is 1.92. The Bertz CT molecular complexity index is 765. The van der Waals surface area contributed by atoms with Crippen LogP contribution in [0.5, 0.6) is 5.75 Å². The minimum atomic E-state index is -3.85. The standard InChI is InChI=1S/C13H15N3O4S/c1-8-2-5-10(11(6-8)21(14,17)18)19-7-12-15-13(20-16-12)9-3-4-9/h2,5-6,9H,3-4,7H2,1H3,(H2,14,17,18). The summed E-state index contributed by atoms with van der Waals surface area (Å²) in [5, 5.41) is 9.00. The highest BCUT2D eigenvalue weighted by molar-refractivity contribution is 7.89. The van der Waals surface area contributed by atoms with Crippen LogP contribution in [0.2, 0.25) is 0 Å². The van der Waals surface area contributed by atoms with E-state index in [0.29, 0.717) is 17.6 Å². The molecule has 1 saturated carbocycles. The van der Waals surface area contributed by atoms with Gasteiger partial charge in [-0.1, -0.05) is 11.2 Å². The lowest BCUT2D eigenvalue weighted by atomic mass is 10.2. The molecule has 1 fully saturated rings. The fraction of sp³-hybridized carbons (Fsp3) is 0.385. The number of hydrogen-bond donors (Lipinski definition) is 1. The molecule has 0 spiro atoms. The molecule has 1 aromatic heterocycles. The molecule has 1 aliphatic rings. The topological polar surface area (TPSA) is 108 Å². The van der Waals surface area contributed by atoms with Gasteiger partial charge in [0.2, 0.25) is 21.7 Å². The molecule has 112 valence electrons. The van der Waals surface area contributed by atoms with Gasteiger partial charge in [0, 0.05) is 5.92 Å². The number of benzene rings is 1. The zero-order valence-corrected chi connectivity index (χ0v) is 12.3. The summed E-state index contributed by atoms with van der Waals surface area (Å²) < 4.78 is 33.7. The molecule has 7 nitrogen and oxygen atoms in total. The number of rotatable bonds is 5. The molecule has 8 heteroatoms. The molecule has 0 amide bonds. The van der Waals surface area contributed by atoms with Gasteiger partial charge in [-0.25, -0.2) is 13.6 Å². The maximum Gasteiger partial charge on any atom is 0.241 e. The average Bonchev–Trinajstić information content (AvgIpc) is 3.16. The van der Waals surface area contributed by atoms with Gasteiger partial charge in [0.15, 0.2) is 6.61 Å². The van der Waals surface area contributed by atoms with E-state index in [1.54, 1.807) is 19.1 Å². The predicted octanol–water partition coefficient (Wildman–Crippen LogP) is 1.48. The van der Waals surface area contributed by atoms with Gasteiger partial charge in [-0.2, -0.15) is 4.98 Å². The van der Waals surface area contributed by atoms with Crippen molar-refractivity contribution in [2.75, 3.05) is 0 Å². The minimum absolute atomic E-state index is 0.0296.